The molecule has 0 amide bonds. The predicted octanol–water partition coefficient (Wildman–Crippen LogP) is 2.76. The van der Waals surface area contributed by atoms with Crippen LogP contribution in [-0.4, -0.2) is 12.4 Å². The van der Waals surface area contributed by atoms with E-state index in [0.717, 1.165) is 17.0 Å². The lowest BCUT2D eigenvalue weighted by atomic mass is 10.0. The molecular weight excluding hydrogens is 200 g/mol. The molecule has 0 spiro atoms. The molecule has 0 N–H and O–H groups in total. The monoisotopic (exact) mass is 210 g/mol. The molecule has 1 atom stereocenters. The molecule has 0 saturated carbocycles. The Kier molecular flexibility index (Phi) is 2.85. The molecule has 14 heavy (non-hydrogen) atoms. The standard InChI is InChI=1S/C11H11ClO2/c12-9-3-1-8(2-4-9)11-6-5-10(13)7-14-11/h1-4,11H,5-7H2. The van der Waals surface area contributed by atoms with Gasteiger partial charge < -0.3 is 4.74 Å². The summed E-state index contributed by atoms with van der Waals surface area (Å²) in [7, 11) is 0. The Morgan fingerprint density at radius 3 is 2.57 bits per heavy atom. The number of Topliss-reactive ketones (excluding diaryl/α,β-unsaturated/α-hetero) is 1. The van der Waals surface area contributed by atoms with E-state index in [2.05, 4.69) is 0 Å². The van der Waals surface area contributed by atoms with Crippen LogP contribution in [0.25, 0.3) is 0 Å². The Morgan fingerprint density at radius 2 is 2.00 bits per heavy atom. The van der Waals surface area contributed by atoms with Crippen molar-refractivity contribution in [2.75, 3.05) is 6.61 Å². The lowest BCUT2D eigenvalue weighted by Crippen LogP contribution is -2.19. The maximum atomic E-state index is 10.9. The van der Waals surface area contributed by atoms with Gasteiger partial charge in [-0.2, -0.15) is 0 Å². The van der Waals surface area contributed by atoms with Crippen LogP contribution in [0.5, 0.6) is 0 Å². The molecule has 1 aromatic rings. The average molecular weight is 211 g/mol. The van der Waals surface area contributed by atoms with Crippen molar-refractivity contribution in [3.8, 4) is 0 Å². The Hall–Kier alpha value is -0.860. The second-order valence-corrected chi connectivity index (χ2v) is 3.86. The molecule has 2 nitrogen and oxygen atoms in total. The molecule has 1 aromatic carbocycles. The van der Waals surface area contributed by atoms with E-state index in [0.29, 0.717) is 6.42 Å². The van der Waals surface area contributed by atoms with Crippen LogP contribution in [0, 0.1) is 0 Å². The molecule has 74 valence electrons. The molecule has 1 aliphatic heterocycles. The van der Waals surface area contributed by atoms with Crippen LogP contribution >= 0.6 is 11.6 Å². The fraction of sp³-hybridized carbons (Fsp3) is 0.364. The summed E-state index contributed by atoms with van der Waals surface area (Å²) in [6.07, 6.45) is 1.46. The van der Waals surface area contributed by atoms with Gasteiger partial charge in [-0.3, -0.25) is 4.79 Å². The van der Waals surface area contributed by atoms with E-state index in [1.165, 1.54) is 0 Å². The minimum Gasteiger partial charge on any atom is -0.366 e. The molecule has 2 rings (SSSR count). The number of rotatable bonds is 1. The highest BCUT2D eigenvalue weighted by molar-refractivity contribution is 6.30. The van der Waals surface area contributed by atoms with Crippen LogP contribution < -0.4 is 0 Å². The zero-order valence-electron chi connectivity index (χ0n) is 7.70. The van der Waals surface area contributed by atoms with Crippen molar-refractivity contribution in [1.29, 1.82) is 0 Å². The summed E-state index contributed by atoms with van der Waals surface area (Å²) < 4.78 is 5.42. The first-order valence-corrected chi connectivity index (χ1v) is 5.02. The molecule has 1 saturated heterocycles. The molecular formula is C11H11ClO2. The molecule has 3 heteroatoms. The first kappa shape index (κ1) is 9.69. The lowest BCUT2D eigenvalue weighted by Gasteiger charge is -2.22. The zero-order valence-corrected chi connectivity index (χ0v) is 8.46. The Morgan fingerprint density at radius 1 is 1.29 bits per heavy atom. The van der Waals surface area contributed by atoms with Crippen LogP contribution in [0.15, 0.2) is 24.3 Å². The number of carbonyl (C=O) groups excluding carboxylic acids is 1. The third-order valence-corrected chi connectivity index (χ3v) is 2.62. The van der Waals surface area contributed by atoms with Crippen LogP contribution in [0.4, 0.5) is 0 Å². The number of halogens is 1. The fourth-order valence-electron chi connectivity index (χ4n) is 1.58. The van der Waals surface area contributed by atoms with Gasteiger partial charge in [0.15, 0.2) is 5.78 Å². The first-order chi connectivity index (χ1) is 6.75. The van der Waals surface area contributed by atoms with E-state index in [-0.39, 0.29) is 18.5 Å². The van der Waals surface area contributed by atoms with E-state index >= 15 is 0 Å². The number of hydrogen-bond donors (Lipinski definition) is 0. The highest BCUT2D eigenvalue weighted by Gasteiger charge is 2.20. The smallest absolute Gasteiger partial charge is 0.158 e. The molecule has 1 fully saturated rings. The van der Waals surface area contributed by atoms with Crippen molar-refractivity contribution < 1.29 is 9.53 Å². The summed E-state index contributed by atoms with van der Waals surface area (Å²) in [5, 5.41) is 0.723. The lowest BCUT2D eigenvalue weighted by molar-refractivity contribution is -0.131. The summed E-state index contributed by atoms with van der Waals surface area (Å²) in [5.41, 5.74) is 1.10. The quantitative estimate of drug-likeness (QED) is 0.713. The normalized spacial score (nSPS) is 22.4. The molecule has 1 aliphatic rings. The SMILES string of the molecule is O=C1CCC(c2ccc(Cl)cc2)OC1. The van der Waals surface area contributed by atoms with Crippen molar-refractivity contribution in [3.63, 3.8) is 0 Å². The van der Waals surface area contributed by atoms with Gasteiger partial charge in [0.05, 0.1) is 6.10 Å². The molecule has 1 unspecified atom stereocenters. The molecule has 0 bridgehead atoms. The van der Waals surface area contributed by atoms with Crippen molar-refractivity contribution >= 4 is 17.4 Å². The topological polar surface area (TPSA) is 26.3 Å². The summed E-state index contributed by atoms with van der Waals surface area (Å²) in [6.45, 7) is 0.243. The van der Waals surface area contributed by atoms with Gasteiger partial charge >= 0.3 is 0 Å². The summed E-state index contributed by atoms with van der Waals surface area (Å²) in [6, 6.07) is 7.58. The molecule has 0 aromatic heterocycles. The zero-order chi connectivity index (χ0) is 9.97. The van der Waals surface area contributed by atoms with E-state index in [1.54, 1.807) is 0 Å². The highest BCUT2D eigenvalue weighted by Crippen LogP contribution is 2.27. The van der Waals surface area contributed by atoms with Crippen molar-refractivity contribution in [1.82, 2.24) is 0 Å². The van der Waals surface area contributed by atoms with E-state index in [4.69, 9.17) is 16.3 Å². The molecule has 1 heterocycles. The third-order valence-electron chi connectivity index (χ3n) is 2.37. The van der Waals surface area contributed by atoms with Crippen LogP contribution in [-0.2, 0) is 9.53 Å². The summed E-state index contributed by atoms with van der Waals surface area (Å²) in [5.74, 6) is 0.190. The molecule has 0 aliphatic carbocycles. The van der Waals surface area contributed by atoms with E-state index in [1.807, 2.05) is 24.3 Å². The predicted molar refractivity (Wildman–Crippen MR) is 54.4 cm³/mol. The number of ether oxygens (including phenoxy) is 1. The van der Waals surface area contributed by atoms with Gasteiger partial charge in [-0.05, 0) is 24.1 Å². The van der Waals surface area contributed by atoms with Gasteiger partial charge in [0.2, 0.25) is 0 Å². The largest absolute Gasteiger partial charge is 0.366 e. The second-order valence-electron chi connectivity index (χ2n) is 3.43. The average Bonchev–Trinajstić information content (AvgIpc) is 2.21. The van der Waals surface area contributed by atoms with Crippen LogP contribution in [0.3, 0.4) is 0 Å². The minimum atomic E-state index is 0.0602. The van der Waals surface area contributed by atoms with Gasteiger partial charge in [0.25, 0.3) is 0 Å². The third kappa shape index (κ3) is 2.14. The van der Waals surface area contributed by atoms with Crippen molar-refractivity contribution in [2.24, 2.45) is 0 Å². The van der Waals surface area contributed by atoms with Gasteiger partial charge in [0.1, 0.15) is 6.61 Å². The van der Waals surface area contributed by atoms with Gasteiger partial charge in [-0.1, -0.05) is 23.7 Å². The Bertz CT molecular complexity index is 322. The number of benzene rings is 1. The van der Waals surface area contributed by atoms with Gasteiger partial charge in [-0.15, -0.1) is 0 Å². The number of carbonyl (C=O) groups is 1. The first-order valence-electron chi connectivity index (χ1n) is 4.64. The van der Waals surface area contributed by atoms with Crippen LogP contribution in [0.2, 0.25) is 5.02 Å². The van der Waals surface area contributed by atoms with E-state index < -0.39 is 0 Å². The Labute approximate surface area is 87.8 Å². The van der Waals surface area contributed by atoms with E-state index in [9.17, 15) is 4.79 Å². The van der Waals surface area contributed by atoms with Gasteiger partial charge in [0, 0.05) is 11.4 Å². The Balaban J connectivity index is 2.08. The number of ketones is 1. The highest BCUT2D eigenvalue weighted by atomic mass is 35.5. The fourth-order valence-corrected chi connectivity index (χ4v) is 1.71. The van der Waals surface area contributed by atoms with Crippen molar-refractivity contribution in [3.05, 3.63) is 34.9 Å². The summed E-state index contributed by atoms with van der Waals surface area (Å²) in [4.78, 5) is 10.9. The minimum absolute atomic E-state index is 0.0602. The maximum Gasteiger partial charge on any atom is 0.158 e. The maximum absolute atomic E-state index is 10.9. The van der Waals surface area contributed by atoms with Crippen LogP contribution in [0.1, 0.15) is 24.5 Å². The number of hydrogen-bond acceptors (Lipinski definition) is 2. The van der Waals surface area contributed by atoms with Crippen molar-refractivity contribution in [2.45, 2.75) is 18.9 Å². The van der Waals surface area contributed by atoms with Gasteiger partial charge in [-0.25, -0.2) is 0 Å². The molecule has 0 radical (unpaired) electrons. The second kappa shape index (κ2) is 4.11. The summed E-state index contributed by atoms with van der Waals surface area (Å²) >= 11 is 5.78.